The zero-order chi connectivity index (χ0) is 24.8. The molecule has 0 bridgehead atoms. The quantitative estimate of drug-likeness (QED) is 0.553. The van der Waals surface area contributed by atoms with Gasteiger partial charge >= 0.3 is 11.8 Å². The van der Waals surface area contributed by atoms with Crippen molar-refractivity contribution in [2.24, 2.45) is 11.7 Å². The van der Waals surface area contributed by atoms with Gasteiger partial charge in [0, 0.05) is 32.5 Å². The summed E-state index contributed by atoms with van der Waals surface area (Å²) in [5.41, 5.74) is 7.32. The van der Waals surface area contributed by atoms with Gasteiger partial charge in [-0.2, -0.15) is 0 Å². The summed E-state index contributed by atoms with van der Waals surface area (Å²) in [5.74, 6) is -1.91. The van der Waals surface area contributed by atoms with E-state index in [2.05, 4.69) is 15.6 Å². The molecule has 0 radical (unpaired) electrons. The fourth-order valence-electron chi connectivity index (χ4n) is 3.84. The van der Waals surface area contributed by atoms with E-state index >= 15 is 0 Å². The van der Waals surface area contributed by atoms with E-state index in [1.54, 1.807) is 19.0 Å². The van der Waals surface area contributed by atoms with Crippen LogP contribution in [0.2, 0.25) is 0 Å². The molecule has 1 aromatic heterocycles. The second-order valence-electron chi connectivity index (χ2n) is 8.70. The van der Waals surface area contributed by atoms with Crippen molar-refractivity contribution >= 4 is 35.0 Å². The van der Waals surface area contributed by atoms with Crippen molar-refractivity contribution in [2.45, 2.75) is 25.8 Å². The Labute approximate surface area is 198 Å². The van der Waals surface area contributed by atoms with Crippen LogP contribution in [0, 0.1) is 5.92 Å². The number of nitrogens with zero attached hydrogens (tertiary/aromatic N) is 3. The van der Waals surface area contributed by atoms with E-state index in [-0.39, 0.29) is 35.7 Å². The standard InChI is InChI=1S/C24H30N6O4/c1-15-4-9-20(16-5-7-18(8-6-16)27-13-21(31)29(2)3)30(14-15)24(34)23(33)28-19-10-17(22(25)32)11-26-12-19/h5-8,10-12,15,20,27H,4,9,13-14H2,1-3H3,(H2,25,32)(H,28,33)/t15-,20+/m1/s1. The van der Waals surface area contributed by atoms with Crippen LogP contribution in [0.25, 0.3) is 0 Å². The lowest BCUT2D eigenvalue weighted by Crippen LogP contribution is -2.46. The number of likely N-dealkylation sites (N-methyl/N-ethyl adjacent to an activating group) is 1. The number of nitrogens with two attached hydrogens (primary N) is 1. The molecule has 2 aromatic rings. The molecule has 1 fully saturated rings. The summed E-state index contributed by atoms with van der Waals surface area (Å²) in [5, 5.41) is 5.60. The lowest BCUT2D eigenvalue weighted by molar-refractivity contribution is -0.146. The van der Waals surface area contributed by atoms with Crippen LogP contribution >= 0.6 is 0 Å². The van der Waals surface area contributed by atoms with Crippen LogP contribution in [0.4, 0.5) is 11.4 Å². The van der Waals surface area contributed by atoms with E-state index in [0.717, 1.165) is 24.1 Å². The van der Waals surface area contributed by atoms with Gasteiger partial charge in [0.25, 0.3) is 0 Å². The summed E-state index contributed by atoms with van der Waals surface area (Å²) >= 11 is 0. The van der Waals surface area contributed by atoms with E-state index in [1.165, 1.54) is 23.4 Å². The van der Waals surface area contributed by atoms with Crippen LogP contribution in [0.1, 0.15) is 41.7 Å². The predicted molar refractivity (Wildman–Crippen MR) is 128 cm³/mol. The van der Waals surface area contributed by atoms with Crippen LogP contribution in [0.15, 0.2) is 42.7 Å². The molecule has 10 nitrogen and oxygen atoms in total. The molecule has 3 rings (SSSR count). The number of amides is 4. The van der Waals surface area contributed by atoms with Crippen molar-refractivity contribution in [1.82, 2.24) is 14.8 Å². The van der Waals surface area contributed by atoms with Gasteiger partial charge in [-0.25, -0.2) is 0 Å². The first-order chi connectivity index (χ1) is 16.2. The summed E-state index contributed by atoms with van der Waals surface area (Å²) in [6.45, 7) is 2.68. The number of aromatic nitrogens is 1. The molecule has 1 aliphatic rings. The maximum atomic E-state index is 13.1. The van der Waals surface area contributed by atoms with Gasteiger partial charge in [0.2, 0.25) is 11.8 Å². The second kappa shape index (κ2) is 10.8. The second-order valence-corrected chi connectivity index (χ2v) is 8.70. The third-order valence-electron chi connectivity index (χ3n) is 5.79. The SMILES string of the molecule is C[C@@H]1CC[C@@H](c2ccc(NCC(=O)N(C)C)cc2)N(C(=O)C(=O)Nc2cncc(C(N)=O)c2)C1. The number of likely N-dealkylation sites (tertiary alicyclic amines) is 1. The molecule has 34 heavy (non-hydrogen) atoms. The average Bonchev–Trinajstić information content (AvgIpc) is 2.82. The Balaban J connectivity index is 1.72. The van der Waals surface area contributed by atoms with E-state index in [1.807, 2.05) is 31.2 Å². The Bertz CT molecular complexity index is 1070. The van der Waals surface area contributed by atoms with Crippen LogP contribution in [-0.4, -0.2) is 65.6 Å². The van der Waals surface area contributed by atoms with Gasteiger partial charge in [0.15, 0.2) is 0 Å². The van der Waals surface area contributed by atoms with Crippen LogP contribution < -0.4 is 16.4 Å². The number of carbonyl (C=O) groups is 4. The largest absolute Gasteiger partial charge is 0.376 e. The number of benzene rings is 1. The molecule has 0 saturated carbocycles. The summed E-state index contributed by atoms with van der Waals surface area (Å²) in [6.07, 6.45) is 4.29. The van der Waals surface area contributed by atoms with Crippen molar-refractivity contribution in [3.05, 3.63) is 53.9 Å². The highest BCUT2D eigenvalue weighted by Crippen LogP contribution is 2.34. The maximum absolute atomic E-state index is 13.1. The number of carbonyl (C=O) groups excluding carboxylic acids is 4. The van der Waals surface area contributed by atoms with Crippen molar-refractivity contribution < 1.29 is 19.2 Å². The third kappa shape index (κ3) is 6.09. The minimum atomic E-state index is -0.803. The number of anilines is 2. The molecule has 0 unspecified atom stereocenters. The van der Waals surface area contributed by atoms with E-state index < -0.39 is 17.7 Å². The van der Waals surface area contributed by atoms with Crippen molar-refractivity contribution in [2.75, 3.05) is 37.8 Å². The van der Waals surface area contributed by atoms with Crippen molar-refractivity contribution in [1.29, 1.82) is 0 Å². The first-order valence-corrected chi connectivity index (χ1v) is 11.1. The van der Waals surface area contributed by atoms with Gasteiger partial charge in [0.1, 0.15) is 0 Å². The van der Waals surface area contributed by atoms with Gasteiger partial charge in [-0.05, 0) is 42.5 Å². The first-order valence-electron chi connectivity index (χ1n) is 11.1. The van der Waals surface area contributed by atoms with Gasteiger partial charge in [-0.15, -0.1) is 0 Å². The number of hydrogen-bond acceptors (Lipinski definition) is 6. The molecule has 1 aromatic carbocycles. The molecule has 2 atom stereocenters. The minimum absolute atomic E-state index is 0.0373. The smallest absolute Gasteiger partial charge is 0.313 e. The summed E-state index contributed by atoms with van der Waals surface area (Å²) < 4.78 is 0. The fourth-order valence-corrected chi connectivity index (χ4v) is 3.84. The molecule has 1 saturated heterocycles. The number of piperidine rings is 1. The maximum Gasteiger partial charge on any atom is 0.313 e. The Morgan fingerprint density at radius 3 is 2.44 bits per heavy atom. The number of nitrogens with one attached hydrogen (secondary N) is 2. The number of rotatable bonds is 6. The zero-order valence-electron chi connectivity index (χ0n) is 19.6. The monoisotopic (exact) mass is 466 g/mol. The Morgan fingerprint density at radius 1 is 1.09 bits per heavy atom. The number of hydrogen-bond donors (Lipinski definition) is 3. The van der Waals surface area contributed by atoms with Crippen LogP contribution in [-0.2, 0) is 14.4 Å². The Kier molecular flexibility index (Phi) is 7.83. The topological polar surface area (TPSA) is 138 Å². The zero-order valence-corrected chi connectivity index (χ0v) is 19.6. The molecule has 2 heterocycles. The predicted octanol–water partition coefficient (Wildman–Crippen LogP) is 1.62. The Morgan fingerprint density at radius 2 is 1.79 bits per heavy atom. The van der Waals surface area contributed by atoms with Crippen LogP contribution in [0.5, 0.6) is 0 Å². The minimum Gasteiger partial charge on any atom is -0.376 e. The molecule has 10 heteroatoms. The van der Waals surface area contributed by atoms with Gasteiger partial charge < -0.3 is 26.2 Å². The molecule has 0 aliphatic carbocycles. The molecular formula is C24H30N6O4. The van der Waals surface area contributed by atoms with Gasteiger partial charge in [-0.1, -0.05) is 19.1 Å². The lowest BCUT2D eigenvalue weighted by Gasteiger charge is -2.38. The first kappa shape index (κ1) is 24.7. The molecule has 4 N–H and O–H groups in total. The van der Waals surface area contributed by atoms with Crippen molar-refractivity contribution in [3.63, 3.8) is 0 Å². The van der Waals surface area contributed by atoms with Gasteiger partial charge in [-0.3, -0.25) is 24.2 Å². The van der Waals surface area contributed by atoms with Gasteiger partial charge in [0.05, 0.1) is 30.0 Å². The highest BCUT2D eigenvalue weighted by molar-refractivity contribution is 6.39. The highest BCUT2D eigenvalue weighted by Gasteiger charge is 2.34. The van der Waals surface area contributed by atoms with Crippen molar-refractivity contribution in [3.8, 4) is 0 Å². The van der Waals surface area contributed by atoms with E-state index in [0.29, 0.717) is 6.54 Å². The molecule has 4 amide bonds. The molecular weight excluding hydrogens is 436 g/mol. The summed E-state index contributed by atoms with van der Waals surface area (Å²) in [7, 11) is 3.40. The fraction of sp³-hybridized carbons (Fsp3) is 0.375. The normalized spacial score (nSPS) is 17.6. The number of primary amides is 1. The average molecular weight is 467 g/mol. The lowest BCUT2D eigenvalue weighted by atomic mass is 9.89. The third-order valence-corrected chi connectivity index (χ3v) is 5.79. The molecule has 0 spiro atoms. The van der Waals surface area contributed by atoms with E-state index in [9.17, 15) is 19.2 Å². The summed E-state index contributed by atoms with van der Waals surface area (Å²) in [4.78, 5) is 56.0. The van der Waals surface area contributed by atoms with Crippen LogP contribution in [0.3, 0.4) is 0 Å². The summed E-state index contributed by atoms with van der Waals surface area (Å²) in [6, 6.07) is 8.66. The molecule has 180 valence electrons. The molecule has 1 aliphatic heterocycles. The Hall–Kier alpha value is -3.95. The van der Waals surface area contributed by atoms with E-state index in [4.69, 9.17) is 5.73 Å². The number of pyridine rings is 1. The highest BCUT2D eigenvalue weighted by atomic mass is 16.2.